The summed E-state index contributed by atoms with van der Waals surface area (Å²) in [6.45, 7) is 3.17. The first-order chi connectivity index (χ1) is 8.05. The van der Waals surface area contributed by atoms with Gasteiger partial charge in [-0.2, -0.15) is 0 Å². The summed E-state index contributed by atoms with van der Waals surface area (Å²) >= 11 is 0. The van der Waals surface area contributed by atoms with Crippen LogP contribution in [0.2, 0.25) is 0 Å². The molecule has 0 saturated carbocycles. The Kier molecular flexibility index (Phi) is 4.53. The molecule has 94 valence electrons. The first kappa shape index (κ1) is 13.5. The van der Waals surface area contributed by atoms with Gasteiger partial charge in [0.05, 0.1) is 18.5 Å². The standard InChI is InChI=1S/C12H18N2O3/c1-3-6-13-8-10(15)14-7-5-12(4-2,9-14)11(16)17/h1,13H,4-9H2,2H3,(H,16,17). The molecule has 0 bridgehead atoms. The van der Waals surface area contributed by atoms with Crippen LogP contribution in [-0.4, -0.2) is 48.1 Å². The van der Waals surface area contributed by atoms with E-state index >= 15 is 0 Å². The Labute approximate surface area is 101 Å². The minimum Gasteiger partial charge on any atom is -0.481 e. The average molecular weight is 238 g/mol. The number of rotatable bonds is 5. The van der Waals surface area contributed by atoms with E-state index in [1.807, 2.05) is 6.92 Å². The average Bonchev–Trinajstić information content (AvgIpc) is 2.75. The quantitative estimate of drug-likeness (QED) is 0.519. The zero-order chi connectivity index (χ0) is 12.9. The number of terminal acetylenes is 1. The molecular formula is C12H18N2O3. The monoisotopic (exact) mass is 238 g/mol. The molecule has 0 aliphatic carbocycles. The smallest absolute Gasteiger partial charge is 0.311 e. The van der Waals surface area contributed by atoms with Crippen molar-refractivity contribution in [2.24, 2.45) is 5.41 Å². The number of likely N-dealkylation sites (tertiary alicyclic amines) is 1. The zero-order valence-electron chi connectivity index (χ0n) is 10.0. The van der Waals surface area contributed by atoms with Gasteiger partial charge in [-0.15, -0.1) is 6.42 Å². The van der Waals surface area contributed by atoms with E-state index < -0.39 is 11.4 Å². The second kappa shape index (κ2) is 5.69. The molecule has 1 atom stereocenters. The van der Waals surface area contributed by atoms with Gasteiger partial charge in [-0.3, -0.25) is 14.9 Å². The molecule has 0 spiro atoms. The Morgan fingerprint density at radius 2 is 2.29 bits per heavy atom. The van der Waals surface area contributed by atoms with Crippen molar-refractivity contribution in [2.45, 2.75) is 19.8 Å². The van der Waals surface area contributed by atoms with Crippen molar-refractivity contribution in [2.75, 3.05) is 26.2 Å². The molecule has 5 nitrogen and oxygen atoms in total. The Bertz CT molecular complexity index is 348. The Hall–Kier alpha value is -1.54. The molecule has 0 radical (unpaired) electrons. The molecule has 2 N–H and O–H groups in total. The van der Waals surface area contributed by atoms with Gasteiger partial charge in [-0.1, -0.05) is 12.8 Å². The highest BCUT2D eigenvalue weighted by atomic mass is 16.4. The van der Waals surface area contributed by atoms with Crippen LogP contribution in [0.1, 0.15) is 19.8 Å². The summed E-state index contributed by atoms with van der Waals surface area (Å²) in [6, 6.07) is 0. The van der Waals surface area contributed by atoms with Gasteiger partial charge in [0, 0.05) is 13.1 Å². The highest BCUT2D eigenvalue weighted by Gasteiger charge is 2.44. The maximum Gasteiger partial charge on any atom is 0.311 e. The summed E-state index contributed by atoms with van der Waals surface area (Å²) in [7, 11) is 0. The van der Waals surface area contributed by atoms with Crippen LogP contribution in [-0.2, 0) is 9.59 Å². The van der Waals surface area contributed by atoms with Crippen LogP contribution in [0.5, 0.6) is 0 Å². The summed E-state index contributed by atoms with van der Waals surface area (Å²) in [4.78, 5) is 24.5. The number of aliphatic carboxylic acids is 1. The van der Waals surface area contributed by atoms with Gasteiger partial charge in [0.2, 0.25) is 5.91 Å². The predicted octanol–water partition coefficient (Wildman–Crippen LogP) is -0.0775. The first-order valence-electron chi connectivity index (χ1n) is 5.71. The summed E-state index contributed by atoms with van der Waals surface area (Å²) in [5.41, 5.74) is -0.762. The lowest BCUT2D eigenvalue weighted by atomic mass is 9.84. The number of carbonyl (C=O) groups excluding carboxylic acids is 1. The maximum atomic E-state index is 11.7. The van der Waals surface area contributed by atoms with E-state index in [1.54, 1.807) is 4.90 Å². The Morgan fingerprint density at radius 3 is 2.76 bits per heavy atom. The maximum absolute atomic E-state index is 11.7. The normalized spacial score (nSPS) is 23.4. The van der Waals surface area contributed by atoms with Crippen molar-refractivity contribution in [1.29, 1.82) is 0 Å². The van der Waals surface area contributed by atoms with E-state index in [0.717, 1.165) is 0 Å². The van der Waals surface area contributed by atoms with Crippen LogP contribution in [0.25, 0.3) is 0 Å². The molecule has 0 aromatic carbocycles. The van der Waals surface area contributed by atoms with E-state index in [4.69, 9.17) is 6.42 Å². The number of carbonyl (C=O) groups is 2. The highest BCUT2D eigenvalue weighted by molar-refractivity contribution is 5.81. The minimum absolute atomic E-state index is 0.0863. The lowest BCUT2D eigenvalue weighted by molar-refractivity contribution is -0.148. The number of nitrogens with zero attached hydrogens (tertiary/aromatic N) is 1. The van der Waals surface area contributed by atoms with Gasteiger partial charge in [0.1, 0.15) is 0 Å². The van der Waals surface area contributed by atoms with Crippen molar-refractivity contribution in [3.63, 3.8) is 0 Å². The topological polar surface area (TPSA) is 69.6 Å². The summed E-state index contributed by atoms with van der Waals surface area (Å²) < 4.78 is 0. The second-order valence-corrected chi connectivity index (χ2v) is 4.31. The van der Waals surface area contributed by atoms with E-state index in [-0.39, 0.29) is 12.5 Å². The van der Waals surface area contributed by atoms with Gasteiger partial charge in [-0.25, -0.2) is 0 Å². The molecule has 1 amide bonds. The zero-order valence-corrected chi connectivity index (χ0v) is 10.0. The number of hydrogen-bond acceptors (Lipinski definition) is 3. The van der Waals surface area contributed by atoms with Crippen LogP contribution in [0, 0.1) is 17.8 Å². The van der Waals surface area contributed by atoms with Crippen molar-refractivity contribution < 1.29 is 14.7 Å². The number of carboxylic acids is 1. The minimum atomic E-state index is -0.813. The second-order valence-electron chi connectivity index (χ2n) is 4.31. The van der Waals surface area contributed by atoms with E-state index in [9.17, 15) is 14.7 Å². The summed E-state index contributed by atoms with van der Waals surface area (Å²) in [5, 5.41) is 12.0. The molecule has 1 aliphatic heterocycles. The first-order valence-corrected chi connectivity index (χ1v) is 5.71. The van der Waals surface area contributed by atoms with Crippen LogP contribution in [0.15, 0.2) is 0 Å². The van der Waals surface area contributed by atoms with E-state index in [2.05, 4.69) is 11.2 Å². The SMILES string of the molecule is C#CCNCC(=O)N1CCC(CC)(C(=O)O)C1. The number of hydrogen-bond donors (Lipinski definition) is 2. The number of nitrogens with one attached hydrogen (secondary N) is 1. The number of amides is 1. The predicted molar refractivity (Wildman–Crippen MR) is 63.3 cm³/mol. The molecule has 1 unspecified atom stereocenters. The molecule has 1 fully saturated rings. The molecule has 0 aromatic rings. The third kappa shape index (κ3) is 2.98. The fourth-order valence-corrected chi connectivity index (χ4v) is 2.05. The summed E-state index contributed by atoms with van der Waals surface area (Å²) in [5.74, 6) is 1.48. The Morgan fingerprint density at radius 1 is 1.59 bits per heavy atom. The van der Waals surface area contributed by atoms with Crippen LogP contribution < -0.4 is 5.32 Å². The fraction of sp³-hybridized carbons (Fsp3) is 0.667. The lowest BCUT2D eigenvalue weighted by Gasteiger charge is -2.23. The van der Waals surface area contributed by atoms with Crippen LogP contribution in [0.4, 0.5) is 0 Å². The van der Waals surface area contributed by atoms with E-state index in [1.165, 1.54) is 0 Å². The van der Waals surface area contributed by atoms with Gasteiger partial charge in [-0.05, 0) is 12.8 Å². The van der Waals surface area contributed by atoms with Gasteiger partial charge < -0.3 is 10.0 Å². The van der Waals surface area contributed by atoms with Gasteiger partial charge >= 0.3 is 5.97 Å². The molecule has 5 heteroatoms. The molecule has 0 aromatic heterocycles. The van der Waals surface area contributed by atoms with Crippen LogP contribution in [0.3, 0.4) is 0 Å². The lowest BCUT2D eigenvalue weighted by Crippen LogP contribution is -2.40. The van der Waals surface area contributed by atoms with Crippen molar-refractivity contribution >= 4 is 11.9 Å². The van der Waals surface area contributed by atoms with Gasteiger partial charge in [0.15, 0.2) is 0 Å². The van der Waals surface area contributed by atoms with Crippen molar-refractivity contribution in [1.82, 2.24) is 10.2 Å². The van der Waals surface area contributed by atoms with Crippen LogP contribution >= 0.6 is 0 Å². The fourth-order valence-electron chi connectivity index (χ4n) is 2.05. The Balaban J connectivity index is 2.52. The highest BCUT2D eigenvalue weighted by Crippen LogP contribution is 2.34. The molecule has 1 saturated heterocycles. The molecule has 1 aliphatic rings. The van der Waals surface area contributed by atoms with Crippen molar-refractivity contribution in [3.8, 4) is 12.3 Å². The summed E-state index contributed by atoms with van der Waals surface area (Å²) in [6.07, 6.45) is 6.13. The van der Waals surface area contributed by atoms with E-state index in [0.29, 0.717) is 32.5 Å². The molecular weight excluding hydrogens is 220 g/mol. The number of carboxylic acid groups (broad SMARTS) is 1. The molecule has 17 heavy (non-hydrogen) atoms. The van der Waals surface area contributed by atoms with Gasteiger partial charge in [0.25, 0.3) is 0 Å². The van der Waals surface area contributed by atoms with Crippen molar-refractivity contribution in [3.05, 3.63) is 0 Å². The largest absolute Gasteiger partial charge is 0.481 e. The third-order valence-electron chi connectivity index (χ3n) is 3.34. The molecule has 1 rings (SSSR count). The molecule has 1 heterocycles. The third-order valence-corrected chi connectivity index (χ3v) is 3.34.